The topological polar surface area (TPSA) is 66.6 Å². The molecule has 1 heterocycles. The molecule has 1 atom stereocenters. The number of benzene rings is 1. The summed E-state index contributed by atoms with van der Waals surface area (Å²) in [6.45, 7) is 0.515. The lowest BCUT2D eigenvalue weighted by molar-refractivity contribution is -0.658. The minimum Gasteiger partial charge on any atom is -0.392 e. The fraction of sp³-hybridized carbons (Fsp3) is 0.500. The molecular formula is C12H15FN2O3. The number of aliphatic hydroxyl groups is 1. The normalized spacial score (nSPS) is 19.9. The molecule has 1 aliphatic heterocycles. The Labute approximate surface area is 104 Å². The van der Waals surface area contributed by atoms with Crippen LogP contribution in [0.1, 0.15) is 29.9 Å². The largest absolute Gasteiger partial charge is 0.392 e. The molecule has 1 fully saturated rings. The fourth-order valence-electron chi connectivity index (χ4n) is 2.45. The minimum atomic E-state index is -0.413. The smallest absolute Gasteiger partial charge is 0.160 e. The number of hydrogen-bond acceptors (Lipinski definition) is 3. The van der Waals surface area contributed by atoms with Crippen LogP contribution in [0.5, 0.6) is 0 Å². The van der Waals surface area contributed by atoms with Crippen molar-refractivity contribution in [2.75, 3.05) is 13.1 Å². The molecule has 98 valence electrons. The molecule has 1 aromatic carbocycles. The highest BCUT2D eigenvalue weighted by atomic mass is 19.1. The summed E-state index contributed by atoms with van der Waals surface area (Å²) in [6, 6.07) is 4.21. The predicted octanol–water partition coefficient (Wildman–Crippen LogP) is 1.69. The van der Waals surface area contributed by atoms with E-state index in [-0.39, 0.29) is 24.9 Å². The van der Waals surface area contributed by atoms with Gasteiger partial charge in [-0.25, -0.2) is 14.5 Å². The molecule has 0 aromatic heterocycles. The number of hydrogen-bond donors (Lipinski definition) is 1. The molecule has 1 saturated heterocycles. The first-order valence-corrected chi connectivity index (χ1v) is 5.90. The van der Waals surface area contributed by atoms with E-state index in [4.69, 9.17) is 0 Å². The molecule has 0 aliphatic carbocycles. The third-order valence-electron chi connectivity index (χ3n) is 3.35. The lowest BCUT2D eigenvalue weighted by Crippen LogP contribution is -2.38. The van der Waals surface area contributed by atoms with Gasteiger partial charge in [0.05, 0.1) is 19.7 Å². The highest BCUT2D eigenvalue weighted by Crippen LogP contribution is 2.30. The first kappa shape index (κ1) is 12.8. The van der Waals surface area contributed by atoms with Crippen molar-refractivity contribution in [3.8, 4) is 0 Å². The SMILES string of the molecule is O=[N+]([O-])N1CCCC(c2cc(F)ccc2CO)C1. The zero-order chi connectivity index (χ0) is 13.1. The van der Waals surface area contributed by atoms with Gasteiger partial charge in [-0.2, -0.15) is 0 Å². The van der Waals surface area contributed by atoms with Gasteiger partial charge in [0.25, 0.3) is 0 Å². The van der Waals surface area contributed by atoms with Crippen molar-refractivity contribution in [3.05, 3.63) is 45.3 Å². The van der Waals surface area contributed by atoms with Crippen molar-refractivity contribution in [3.63, 3.8) is 0 Å². The van der Waals surface area contributed by atoms with Crippen LogP contribution >= 0.6 is 0 Å². The fourth-order valence-corrected chi connectivity index (χ4v) is 2.45. The van der Waals surface area contributed by atoms with E-state index in [2.05, 4.69) is 0 Å². The van der Waals surface area contributed by atoms with Crippen LogP contribution in [-0.2, 0) is 6.61 Å². The summed E-state index contributed by atoms with van der Waals surface area (Å²) in [6.07, 6.45) is 1.48. The van der Waals surface area contributed by atoms with Gasteiger partial charge in [-0.05, 0) is 36.1 Å². The average molecular weight is 254 g/mol. The quantitative estimate of drug-likeness (QED) is 0.658. The first-order valence-electron chi connectivity index (χ1n) is 5.90. The van der Waals surface area contributed by atoms with E-state index in [1.807, 2.05) is 0 Å². The van der Waals surface area contributed by atoms with Crippen molar-refractivity contribution < 1.29 is 14.5 Å². The molecule has 1 unspecified atom stereocenters. The van der Waals surface area contributed by atoms with E-state index in [0.717, 1.165) is 11.4 Å². The molecule has 2 rings (SSSR count). The molecular weight excluding hydrogens is 239 g/mol. The van der Waals surface area contributed by atoms with Crippen molar-refractivity contribution in [1.82, 2.24) is 5.01 Å². The summed E-state index contributed by atoms with van der Waals surface area (Å²) >= 11 is 0. The summed E-state index contributed by atoms with van der Waals surface area (Å²) < 4.78 is 13.3. The summed E-state index contributed by atoms with van der Waals surface area (Å²) in [7, 11) is 0. The highest BCUT2D eigenvalue weighted by Gasteiger charge is 2.28. The van der Waals surface area contributed by atoms with E-state index in [0.29, 0.717) is 24.1 Å². The van der Waals surface area contributed by atoms with Gasteiger partial charge in [-0.15, -0.1) is 5.01 Å². The number of hydrazine groups is 1. The standard InChI is InChI=1S/C12H15FN2O3/c13-11-4-3-10(8-16)12(6-11)9-2-1-5-14(7-9)15(17)18/h3-4,6,9,16H,1-2,5,7-8H2. The monoisotopic (exact) mass is 254 g/mol. The second kappa shape index (κ2) is 5.30. The Bertz CT molecular complexity index is 453. The molecule has 0 radical (unpaired) electrons. The van der Waals surface area contributed by atoms with E-state index >= 15 is 0 Å². The van der Waals surface area contributed by atoms with Crippen LogP contribution in [-0.4, -0.2) is 28.2 Å². The number of nitro groups is 1. The van der Waals surface area contributed by atoms with E-state index < -0.39 is 5.03 Å². The van der Waals surface area contributed by atoms with Gasteiger partial charge in [-0.3, -0.25) is 0 Å². The maximum atomic E-state index is 13.3. The van der Waals surface area contributed by atoms with Gasteiger partial charge in [0.2, 0.25) is 0 Å². The van der Waals surface area contributed by atoms with Crippen molar-refractivity contribution in [2.24, 2.45) is 0 Å². The van der Waals surface area contributed by atoms with Crippen LogP contribution < -0.4 is 0 Å². The Balaban J connectivity index is 2.25. The number of nitrogens with zero attached hydrogens (tertiary/aromatic N) is 2. The zero-order valence-corrected chi connectivity index (χ0v) is 9.88. The molecule has 0 saturated carbocycles. The summed E-state index contributed by atoms with van der Waals surface area (Å²) in [5.41, 5.74) is 1.33. The molecule has 0 spiro atoms. The first-order chi connectivity index (χ1) is 8.61. The molecule has 1 aliphatic rings. The molecule has 0 bridgehead atoms. The molecule has 0 amide bonds. The Morgan fingerprint density at radius 1 is 1.56 bits per heavy atom. The molecule has 18 heavy (non-hydrogen) atoms. The van der Waals surface area contributed by atoms with Crippen molar-refractivity contribution in [1.29, 1.82) is 0 Å². The Morgan fingerprint density at radius 3 is 3.00 bits per heavy atom. The van der Waals surface area contributed by atoms with E-state index in [1.165, 1.54) is 18.2 Å². The van der Waals surface area contributed by atoms with Crippen LogP contribution in [0.25, 0.3) is 0 Å². The van der Waals surface area contributed by atoms with E-state index in [1.54, 1.807) is 0 Å². The molecule has 5 nitrogen and oxygen atoms in total. The maximum absolute atomic E-state index is 13.3. The lowest BCUT2D eigenvalue weighted by Gasteiger charge is -2.28. The number of halogens is 1. The number of rotatable bonds is 3. The third kappa shape index (κ3) is 2.59. The van der Waals surface area contributed by atoms with Gasteiger partial charge in [0.15, 0.2) is 5.03 Å². The molecule has 1 aromatic rings. The van der Waals surface area contributed by atoms with Crippen LogP contribution in [0.2, 0.25) is 0 Å². The Morgan fingerprint density at radius 2 is 2.33 bits per heavy atom. The predicted molar refractivity (Wildman–Crippen MR) is 62.9 cm³/mol. The third-order valence-corrected chi connectivity index (χ3v) is 3.35. The van der Waals surface area contributed by atoms with Gasteiger partial charge < -0.3 is 5.11 Å². The number of aliphatic hydroxyl groups excluding tert-OH is 1. The van der Waals surface area contributed by atoms with Gasteiger partial charge in [0.1, 0.15) is 5.82 Å². The second-order valence-electron chi connectivity index (χ2n) is 4.49. The number of piperidine rings is 1. The molecule has 1 N–H and O–H groups in total. The second-order valence-corrected chi connectivity index (χ2v) is 4.49. The zero-order valence-electron chi connectivity index (χ0n) is 9.88. The highest BCUT2D eigenvalue weighted by molar-refractivity contribution is 5.31. The molecule has 6 heteroatoms. The summed E-state index contributed by atoms with van der Waals surface area (Å²) in [5.74, 6) is -0.470. The van der Waals surface area contributed by atoms with E-state index in [9.17, 15) is 19.6 Å². The average Bonchev–Trinajstić information content (AvgIpc) is 2.39. The van der Waals surface area contributed by atoms with Gasteiger partial charge >= 0.3 is 0 Å². The summed E-state index contributed by atoms with van der Waals surface area (Å²) in [4.78, 5) is 10.8. The summed E-state index contributed by atoms with van der Waals surface area (Å²) in [5, 5.41) is 20.7. The van der Waals surface area contributed by atoms with Crippen molar-refractivity contribution in [2.45, 2.75) is 25.4 Å². The van der Waals surface area contributed by atoms with Crippen LogP contribution in [0.15, 0.2) is 18.2 Å². The van der Waals surface area contributed by atoms with Crippen molar-refractivity contribution >= 4 is 0 Å². The Kier molecular flexibility index (Phi) is 3.76. The van der Waals surface area contributed by atoms with Gasteiger partial charge in [0, 0.05) is 5.92 Å². The Hall–Kier alpha value is -1.69. The maximum Gasteiger partial charge on any atom is 0.160 e. The van der Waals surface area contributed by atoms with Crippen LogP contribution in [0.4, 0.5) is 4.39 Å². The van der Waals surface area contributed by atoms with Crippen LogP contribution in [0.3, 0.4) is 0 Å². The minimum absolute atomic E-state index is 0.0954. The van der Waals surface area contributed by atoms with Crippen LogP contribution in [0, 0.1) is 15.9 Å². The van der Waals surface area contributed by atoms with Gasteiger partial charge in [-0.1, -0.05) is 6.07 Å². The lowest BCUT2D eigenvalue weighted by atomic mass is 9.88.